The number of nitrogens with one attached hydrogen (secondary N) is 1. The van der Waals surface area contributed by atoms with Gasteiger partial charge >= 0.3 is 0 Å². The van der Waals surface area contributed by atoms with Crippen molar-refractivity contribution in [3.63, 3.8) is 0 Å². The zero-order valence-corrected chi connectivity index (χ0v) is 15.3. The zero-order chi connectivity index (χ0) is 18.2. The smallest absolute Gasteiger partial charge is 0.238 e. The second kappa shape index (κ2) is 9.42. The van der Waals surface area contributed by atoms with Gasteiger partial charge in [-0.1, -0.05) is 30.3 Å². The van der Waals surface area contributed by atoms with Crippen molar-refractivity contribution in [2.75, 3.05) is 26.4 Å². The molecule has 0 saturated heterocycles. The number of carbonyl (C=O) groups is 2. The van der Waals surface area contributed by atoms with Gasteiger partial charge in [0.1, 0.15) is 5.25 Å². The Labute approximate surface area is 144 Å². The van der Waals surface area contributed by atoms with E-state index in [1.807, 2.05) is 30.3 Å². The highest BCUT2D eigenvalue weighted by atomic mass is 32.2. The predicted molar refractivity (Wildman–Crippen MR) is 94.3 cm³/mol. The van der Waals surface area contributed by atoms with Crippen LogP contribution in [0.4, 0.5) is 0 Å². The van der Waals surface area contributed by atoms with Gasteiger partial charge < -0.3 is 10.2 Å². The maximum absolute atomic E-state index is 12.2. The van der Waals surface area contributed by atoms with Gasteiger partial charge in [-0.25, -0.2) is 8.42 Å². The molecule has 0 heterocycles. The number of amides is 2. The SMILES string of the molecule is CC(C(=O)NCCc1ccccc1)S(=O)(=O)CCCC(=O)N(C)C. The first-order valence-corrected chi connectivity index (χ1v) is 9.69. The molecule has 1 rings (SSSR count). The van der Waals surface area contributed by atoms with E-state index < -0.39 is 21.0 Å². The molecule has 7 heteroatoms. The quantitative estimate of drug-likeness (QED) is 0.717. The van der Waals surface area contributed by atoms with Crippen LogP contribution in [0.25, 0.3) is 0 Å². The predicted octanol–water partition coefficient (Wildman–Crippen LogP) is 1.02. The highest BCUT2D eigenvalue weighted by molar-refractivity contribution is 7.92. The lowest BCUT2D eigenvalue weighted by atomic mass is 10.1. The van der Waals surface area contributed by atoms with Crippen LogP contribution in [0.3, 0.4) is 0 Å². The van der Waals surface area contributed by atoms with Crippen LogP contribution in [0, 0.1) is 0 Å². The van der Waals surface area contributed by atoms with Crippen molar-refractivity contribution in [2.45, 2.75) is 31.4 Å². The Kier molecular flexibility index (Phi) is 7.91. The lowest BCUT2D eigenvalue weighted by Crippen LogP contribution is -2.39. The number of rotatable bonds is 9. The van der Waals surface area contributed by atoms with Crippen LogP contribution in [-0.4, -0.2) is 56.8 Å². The fourth-order valence-electron chi connectivity index (χ4n) is 2.11. The lowest BCUT2D eigenvalue weighted by Gasteiger charge is -2.14. The van der Waals surface area contributed by atoms with E-state index >= 15 is 0 Å². The van der Waals surface area contributed by atoms with Gasteiger partial charge in [-0.2, -0.15) is 0 Å². The summed E-state index contributed by atoms with van der Waals surface area (Å²) in [5.74, 6) is -0.783. The third-order valence-electron chi connectivity index (χ3n) is 3.78. The topological polar surface area (TPSA) is 83.5 Å². The second-order valence-corrected chi connectivity index (χ2v) is 8.37. The zero-order valence-electron chi connectivity index (χ0n) is 14.5. The monoisotopic (exact) mass is 354 g/mol. The summed E-state index contributed by atoms with van der Waals surface area (Å²) < 4.78 is 24.3. The van der Waals surface area contributed by atoms with Crippen molar-refractivity contribution < 1.29 is 18.0 Å². The van der Waals surface area contributed by atoms with Crippen molar-refractivity contribution in [1.29, 1.82) is 0 Å². The normalized spacial score (nSPS) is 12.5. The van der Waals surface area contributed by atoms with Crippen molar-refractivity contribution in [2.24, 2.45) is 0 Å². The minimum atomic E-state index is -3.56. The molecular weight excluding hydrogens is 328 g/mol. The standard InChI is InChI=1S/C17H26N2O4S/c1-14(24(22,23)13-7-10-16(20)19(2)3)17(21)18-12-11-15-8-5-4-6-9-15/h4-6,8-9,14H,7,10-13H2,1-3H3,(H,18,21). The molecule has 1 N–H and O–H groups in total. The third-order valence-corrected chi connectivity index (χ3v) is 5.93. The van der Waals surface area contributed by atoms with E-state index in [0.717, 1.165) is 5.56 Å². The van der Waals surface area contributed by atoms with E-state index in [2.05, 4.69) is 5.32 Å². The number of nitrogens with zero attached hydrogens (tertiary/aromatic N) is 1. The van der Waals surface area contributed by atoms with E-state index in [4.69, 9.17) is 0 Å². The minimum Gasteiger partial charge on any atom is -0.355 e. The van der Waals surface area contributed by atoms with Gasteiger partial charge in [-0.15, -0.1) is 0 Å². The third kappa shape index (κ3) is 6.70. The van der Waals surface area contributed by atoms with Crippen LogP contribution in [0.1, 0.15) is 25.3 Å². The maximum atomic E-state index is 12.2. The summed E-state index contributed by atoms with van der Waals surface area (Å²) in [6, 6.07) is 9.65. The summed E-state index contributed by atoms with van der Waals surface area (Å²) in [6.45, 7) is 1.78. The van der Waals surface area contributed by atoms with Gasteiger partial charge in [0.15, 0.2) is 9.84 Å². The fraction of sp³-hybridized carbons (Fsp3) is 0.529. The number of benzene rings is 1. The van der Waals surface area contributed by atoms with Crippen LogP contribution in [0.5, 0.6) is 0 Å². The van der Waals surface area contributed by atoms with Crippen LogP contribution < -0.4 is 5.32 Å². The molecule has 0 spiro atoms. The summed E-state index contributed by atoms with van der Waals surface area (Å²) in [7, 11) is -0.309. The molecule has 0 bridgehead atoms. The molecule has 24 heavy (non-hydrogen) atoms. The van der Waals surface area contributed by atoms with Crippen molar-refractivity contribution in [1.82, 2.24) is 10.2 Å². The Morgan fingerprint density at radius 1 is 1.17 bits per heavy atom. The highest BCUT2D eigenvalue weighted by Gasteiger charge is 2.27. The lowest BCUT2D eigenvalue weighted by molar-refractivity contribution is -0.128. The van der Waals surface area contributed by atoms with Crippen molar-refractivity contribution in [3.8, 4) is 0 Å². The molecule has 0 aliphatic carbocycles. The van der Waals surface area contributed by atoms with Crippen molar-refractivity contribution >= 4 is 21.7 Å². The van der Waals surface area contributed by atoms with Gasteiger partial charge in [0.05, 0.1) is 5.75 Å². The van der Waals surface area contributed by atoms with Gasteiger partial charge in [0.2, 0.25) is 11.8 Å². The number of hydrogen-bond acceptors (Lipinski definition) is 4. The van der Waals surface area contributed by atoms with Gasteiger partial charge in [-0.05, 0) is 25.3 Å². The molecule has 2 amide bonds. The molecule has 1 aromatic rings. The molecule has 0 aromatic heterocycles. The van der Waals surface area contributed by atoms with Crippen LogP contribution in [0.2, 0.25) is 0 Å². The Bertz CT molecular complexity index is 642. The molecule has 1 unspecified atom stereocenters. The molecular formula is C17H26N2O4S. The number of sulfone groups is 1. The van der Waals surface area contributed by atoms with E-state index in [-0.39, 0.29) is 24.5 Å². The average molecular weight is 354 g/mol. The van der Waals surface area contributed by atoms with Gasteiger partial charge in [0, 0.05) is 27.1 Å². The van der Waals surface area contributed by atoms with E-state index in [0.29, 0.717) is 13.0 Å². The van der Waals surface area contributed by atoms with Crippen LogP contribution >= 0.6 is 0 Å². The molecule has 6 nitrogen and oxygen atoms in total. The van der Waals surface area contributed by atoms with Crippen LogP contribution in [0.15, 0.2) is 30.3 Å². The molecule has 0 fully saturated rings. The summed E-state index contributed by atoms with van der Waals surface area (Å²) in [6.07, 6.45) is 1.03. The fourth-order valence-corrected chi connectivity index (χ4v) is 3.42. The average Bonchev–Trinajstić information content (AvgIpc) is 2.54. The Balaban J connectivity index is 2.41. The van der Waals surface area contributed by atoms with Crippen molar-refractivity contribution in [3.05, 3.63) is 35.9 Å². The summed E-state index contributed by atoms with van der Waals surface area (Å²) in [5, 5.41) is 1.55. The summed E-state index contributed by atoms with van der Waals surface area (Å²) >= 11 is 0. The molecule has 1 atom stereocenters. The minimum absolute atomic E-state index is 0.120. The van der Waals surface area contributed by atoms with Gasteiger partial charge in [0.25, 0.3) is 0 Å². The Hall–Kier alpha value is -1.89. The summed E-state index contributed by atoms with van der Waals surface area (Å²) in [4.78, 5) is 24.9. The molecule has 1 aromatic carbocycles. The maximum Gasteiger partial charge on any atom is 0.238 e. The second-order valence-electron chi connectivity index (χ2n) is 5.93. The van der Waals surface area contributed by atoms with Gasteiger partial charge in [-0.3, -0.25) is 9.59 Å². The Morgan fingerprint density at radius 3 is 2.38 bits per heavy atom. The molecule has 0 aliphatic heterocycles. The molecule has 0 saturated carbocycles. The molecule has 0 radical (unpaired) electrons. The number of carbonyl (C=O) groups excluding carboxylic acids is 2. The van der Waals surface area contributed by atoms with Crippen LogP contribution in [-0.2, 0) is 25.8 Å². The first-order valence-electron chi connectivity index (χ1n) is 7.97. The largest absolute Gasteiger partial charge is 0.355 e. The number of hydrogen-bond donors (Lipinski definition) is 1. The van der Waals surface area contributed by atoms with E-state index in [9.17, 15) is 18.0 Å². The van der Waals surface area contributed by atoms with E-state index in [1.165, 1.54) is 11.8 Å². The molecule has 0 aliphatic rings. The van der Waals surface area contributed by atoms with E-state index in [1.54, 1.807) is 14.1 Å². The summed E-state index contributed by atoms with van der Waals surface area (Å²) in [5.41, 5.74) is 1.08. The Morgan fingerprint density at radius 2 is 1.79 bits per heavy atom. The highest BCUT2D eigenvalue weighted by Crippen LogP contribution is 2.07. The first kappa shape index (κ1) is 20.2. The first-order chi connectivity index (χ1) is 11.2. The molecule has 134 valence electrons.